The Hall–Kier alpha value is -0.420. The molecule has 0 aliphatic carbocycles. The van der Waals surface area contributed by atoms with Gasteiger partial charge in [0.1, 0.15) is 0 Å². The molecule has 0 amide bonds. The largest absolute Gasteiger partial charge is 0.390 e. The molecule has 1 aliphatic rings. The van der Waals surface area contributed by atoms with Crippen molar-refractivity contribution < 1.29 is 5.11 Å². The smallest absolute Gasteiger partial charge is 0.0791 e. The Bertz CT molecular complexity index is 321. The normalized spacial score (nSPS) is 20.1. The van der Waals surface area contributed by atoms with E-state index in [-0.39, 0.29) is 6.10 Å². The molecule has 1 saturated heterocycles. The van der Waals surface area contributed by atoms with Crippen molar-refractivity contribution in [2.75, 3.05) is 26.2 Å². The number of piperidine rings is 1. The molecule has 1 aromatic heterocycles. The van der Waals surface area contributed by atoms with Gasteiger partial charge in [-0.15, -0.1) is 0 Å². The highest BCUT2D eigenvalue weighted by atomic mass is 32.1. The number of rotatable bonds is 6. The molecule has 1 unspecified atom stereocenters. The van der Waals surface area contributed by atoms with Gasteiger partial charge in [0.05, 0.1) is 6.10 Å². The van der Waals surface area contributed by atoms with Crippen LogP contribution in [0.15, 0.2) is 16.8 Å². The summed E-state index contributed by atoms with van der Waals surface area (Å²) < 4.78 is 0. The van der Waals surface area contributed by atoms with Crippen LogP contribution in [-0.2, 0) is 6.54 Å². The van der Waals surface area contributed by atoms with Crippen LogP contribution in [-0.4, -0.2) is 42.3 Å². The van der Waals surface area contributed by atoms with Gasteiger partial charge in [0.2, 0.25) is 0 Å². The minimum absolute atomic E-state index is 0.253. The van der Waals surface area contributed by atoms with Crippen LogP contribution < -0.4 is 5.32 Å². The van der Waals surface area contributed by atoms with Crippen LogP contribution in [0.3, 0.4) is 0 Å². The number of hydrogen-bond donors (Lipinski definition) is 2. The zero-order valence-electron chi connectivity index (χ0n) is 11.1. The van der Waals surface area contributed by atoms with Crippen molar-refractivity contribution in [2.24, 2.45) is 5.92 Å². The summed E-state index contributed by atoms with van der Waals surface area (Å²) in [6.07, 6.45) is 2.29. The van der Waals surface area contributed by atoms with Crippen molar-refractivity contribution >= 4 is 11.3 Å². The molecule has 2 rings (SSSR count). The van der Waals surface area contributed by atoms with Gasteiger partial charge >= 0.3 is 0 Å². The fourth-order valence-corrected chi connectivity index (χ4v) is 3.05. The van der Waals surface area contributed by atoms with E-state index in [4.69, 9.17) is 0 Å². The molecule has 2 N–H and O–H groups in total. The number of hydrogen-bond acceptors (Lipinski definition) is 4. The minimum Gasteiger partial charge on any atom is -0.390 e. The molecule has 1 fully saturated rings. The Morgan fingerprint density at radius 2 is 2.28 bits per heavy atom. The molecule has 1 aromatic rings. The Kier molecular flexibility index (Phi) is 5.63. The maximum absolute atomic E-state index is 9.99. The van der Waals surface area contributed by atoms with Crippen molar-refractivity contribution in [3.8, 4) is 0 Å². The maximum Gasteiger partial charge on any atom is 0.0791 e. The second-order valence-electron chi connectivity index (χ2n) is 5.40. The summed E-state index contributed by atoms with van der Waals surface area (Å²) >= 11 is 1.72. The van der Waals surface area contributed by atoms with Crippen molar-refractivity contribution in [1.82, 2.24) is 10.2 Å². The second kappa shape index (κ2) is 7.24. The van der Waals surface area contributed by atoms with Crippen molar-refractivity contribution in [3.05, 3.63) is 22.4 Å². The molecule has 0 aromatic carbocycles. The van der Waals surface area contributed by atoms with Gasteiger partial charge in [0.25, 0.3) is 0 Å². The quantitative estimate of drug-likeness (QED) is 0.827. The summed E-state index contributed by atoms with van der Waals surface area (Å²) in [6, 6.07) is 2.12. The van der Waals surface area contributed by atoms with Crippen molar-refractivity contribution in [1.29, 1.82) is 0 Å². The number of nitrogens with zero attached hydrogens (tertiary/aromatic N) is 1. The Labute approximate surface area is 114 Å². The Morgan fingerprint density at radius 3 is 2.94 bits per heavy atom. The predicted octanol–water partition coefficient (Wildman–Crippen LogP) is 1.93. The van der Waals surface area contributed by atoms with E-state index in [1.807, 2.05) is 0 Å². The lowest BCUT2D eigenvalue weighted by Gasteiger charge is -2.31. The van der Waals surface area contributed by atoms with Gasteiger partial charge in [0.15, 0.2) is 0 Å². The number of nitrogens with one attached hydrogen (secondary N) is 1. The summed E-state index contributed by atoms with van der Waals surface area (Å²) in [6.45, 7) is 6.95. The zero-order valence-corrected chi connectivity index (χ0v) is 12.0. The monoisotopic (exact) mass is 268 g/mol. The third kappa shape index (κ3) is 4.69. The van der Waals surface area contributed by atoms with Gasteiger partial charge in [0, 0.05) is 19.6 Å². The minimum atomic E-state index is -0.253. The molecule has 0 radical (unpaired) electrons. The number of likely N-dealkylation sites (tertiary alicyclic amines) is 1. The SMILES string of the molecule is CC1CCN(CC(O)CNCc2ccsc2)CC1. The molecular formula is C14H24N2OS. The summed E-state index contributed by atoms with van der Waals surface area (Å²) in [4.78, 5) is 2.39. The van der Waals surface area contributed by atoms with Crippen LogP contribution in [0.2, 0.25) is 0 Å². The molecule has 1 atom stereocenters. The van der Waals surface area contributed by atoms with Gasteiger partial charge < -0.3 is 15.3 Å². The molecule has 1 aliphatic heterocycles. The van der Waals surface area contributed by atoms with E-state index < -0.39 is 0 Å². The van der Waals surface area contributed by atoms with Gasteiger partial charge in [-0.25, -0.2) is 0 Å². The van der Waals surface area contributed by atoms with Gasteiger partial charge in [-0.05, 0) is 54.2 Å². The van der Waals surface area contributed by atoms with Crippen molar-refractivity contribution in [2.45, 2.75) is 32.4 Å². The summed E-state index contributed by atoms with van der Waals surface area (Å²) in [5.41, 5.74) is 1.30. The van der Waals surface area contributed by atoms with E-state index in [2.05, 4.69) is 34.0 Å². The first-order valence-corrected chi connectivity index (χ1v) is 7.80. The summed E-state index contributed by atoms with van der Waals surface area (Å²) in [5, 5.41) is 17.5. The van der Waals surface area contributed by atoms with E-state index in [1.54, 1.807) is 11.3 Å². The van der Waals surface area contributed by atoms with E-state index in [0.29, 0.717) is 6.54 Å². The van der Waals surface area contributed by atoms with Gasteiger partial charge in [-0.1, -0.05) is 6.92 Å². The second-order valence-corrected chi connectivity index (χ2v) is 6.18. The first-order valence-electron chi connectivity index (χ1n) is 6.86. The number of aliphatic hydroxyl groups is 1. The van der Waals surface area contributed by atoms with Crippen LogP contribution in [0.1, 0.15) is 25.3 Å². The van der Waals surface area contributed by atoms with Crippen LogP contribution in [0, 0.1) is 5.92 Å². The lowest BCUT2D eigenvalue weighted by molar-refractivity contribution is 0.0907. The number of aliphatic hydroxyl groups excluding tert-OH is 1. The predicted molar refractivity (Wildman–Crippen MR) is 76.9 cm³/mol. The van der Waals surface area contributed by atoms with Gasteiger partial charge in [-0.3, -0.25) is 0 Å². The van der Waals surface area contributed by atoms with Gasteiger partial charge in [-0.2, -0.15) is 11.3 Å². The highest BCUT2D eigenvalue weighted by Crippen LogP contribution is 2.15. The zero-order chi connectivity index (χ0) is 12.8. The lowest BCUT2D eigenvalue weighted by atomic mass is 9.99. The molecule has 0 saturated carbocycles. The van der Waals surface area contributed by atoms with E-state index in [9.17, 15) is 5.11 Å². The summed E-state index contributed by atoms with van der Waals surface area (Å²) in [7, 11) is 0. The molecular weight excluding hydrogens is 244 g/mol. The average molecular weight is 268 g/mol. The first kappa shape index (κ1) is 14.0. The summed E-state index contributed by atoms with van der Waals surface area (Å²) in [5.74, 6) is 0.857. The molecule has 102 valence electrons. The van der Waals surface area contributed by atoms with Crippen LogP contribution in [0.4, 0.5) is 0 Å². The highest BCUT2D eigenvalue weighted by Gasteiger charge is 2.17. The lowest BCUT2D eigenvalue weighted by Crippen LogP contribution is -2.41. The standard InChI is InChI=1S/C14H24N2OS/c1-12-2-5-16(6-3-12)10-14(17)9-15-8-13-4-7-18-11-13/h4,7,11-12,14-15,17H,2-3,5-6,8-10H2,1H3. The van der Waals surface area contributed by atoms with E-state index in [1.165, 1.54) is 18.4 Å². The third-order valence-electron chi connectivity index (χ3n) is 3.63. The fourth-order valence-electron chi connectivity index (χ4n) is 2.38. The number of thiophene rings is 1. The van der Waals surface area contributed by atoms with Crippen molar-refractivity contribution in [3.63, 3.8) is 0 Å². The molecule has 0 bridgehead atoms. The van der Waals surface area contributed by atoms with Crippen LogP contribution in [0.25, 0.3) is 0 Å². The topological polar surface area (TPSA) is 35.5 Å². The Morgan fingerprint density at radius 1 is 1.50 bits per heavy atom. The molecule has 18 heavy (non-hydrogen) atoms. The van der Waals surface area contributed by atoms with E-state index >= 15 is 0 Å². The maximum atomic E-state index is 9.99. The van der Waals surface area contributed by atoms with Crippen LogP contribution >= 0.6 is 11.3 Å². The van der Waals surface area contributed by atoms with E-state index in [0.717, 1.165) is 32.1 Å². The Balaban J connectivity index is 1.58. The fraction of sp³-hybridized carbons (Fsp3) is 0.714. The average Bonchev–Trinajstić information content (AvgIpc) is 2.85. The molecule has 4 heteroatoms. The highest BCUT2D eigenvalue weighted by molar-refractivity contribution is 7.07. The number of β-amino-alcohol motifs (C(OH)–C–C–N with tert-alkyl or cyclic N) is 1. The first-order chi connectivity index (χ1) is 8.74. The third-order valence-corrected chi connectivity index (χ3v) is 4.37. The molecule has 0 spiro atoms. The molecule has 2 heterocycles. The molecule has 3 nitrogen and oxygen atoms in total. The van der Waals surface area contributed by atoms with Crippen LogP contribution in [0.5, 0.6) is 0 Å².